The number of carboxylic acids is 1. The molecule has 0 radical (unpaired) electrons. The highest BCUT2D eigenvalue weighted by Crippen LogP contribution is 2.36. The van der Waals surface area contributed by atoms with Crippen LogP contribution in [0.1, 0.15) is 41.6 Å². The van der Waals surface area contributed by atoms with E-state index in [0.717, 1.165) is 11.3 Å². The molecule has 1 heterocycles. The molecule has 1 atom stereocenters. The first kappa shape index (κ1) is 19.2. The van der Waals surface area contributed by atoms with Crippen LogP contribution in [-0.4, -0.2) is 55.8 Å². The van der Waals surface area contributed by atoms with Crippen molar-refractivity contribution >= 4 is 11.9 Å². The van der Waals surface area contributed by atoms with Crippen LogP contribution >= 0.6 is 0 Å². The molecule has 1 fully saturated rings. The minimum absolute atomic E-state index is 0.122. The van der Waals surface area contributed by atoms with Gasteiger partial charge in [0.2, 0.25) is 0 Å². The summed E-state index contributed by atoms with van der Waals surface area (Å²) in [5, 5.41) is 9.78. The van der Waals surface area contributed by atoms with Crippen LogP contribution in [0.2, 0.25) is 0 Å². The van der Waals surface area contributed by atoms with Crippen molar-refractivity contribution in [3.05, 3.63) is 29.3 Å². The monoisotopic (exact) mass is 349 g/mol. The van der Waals surface area contributed by atoms with Gasteiger partial charge < -0.3 is 19.5 Å². The smallest absolute Gasteiger partial charge is 0.311 e. The van der Waals surface area contributed by atoms with Crippen molar-refractivity contribution in [2.24, 2.45) is 5.41 Å². The summed E-state index contributed by atoms with van der Waals surface area (Å²) >= 11 is 0. The lowest BCUT2D eigenvalue weighted by Gasteiger charge is -2.40. The summed E-state index contributed by atoms with van der Waals surface area (Å²) in [5.74, 6) is -0.218. The molecule has 1 saturated heterocycles. The number of ether oxygens (including phenoxy) is 2. The number of nitrogens with zero attached hydrogens (tertiary/aromatic N) is 1. The molecule has 0 aromatic heterocycles. The van der Waals surface area contributed by atoms with E-state index < -0.39 is 11.4 Å². The summed E-state index contributed by atoms with van der Waals surface area (Å²) in [7, 11) is 3.20. The molecular formula is C19H27NO5. The van der Waals surface area contributed by atoms with Crippen molar-refractivity contribution in [1.82, 2.24) is 4.90 Å². The number of aryl methyl sites for hydroxylation is 1. The summed E-state index contributed by atoms with van der Waals surface area (Å²) in [4.78, 5) is 26.4. The number of rotatable bonds is 7. The second-order valence-corrected chi connectivity index (χ2v) is 6.70. The van der Waals surface area contributed by atoms with Crippen LogP contribution in [0.4, 0.5) is 0 Å². The molecule has 25 heavy (non-hydrogen) atoms. The van der Waals surface area contributed by atoms with E-state index in [2.05, 4.69) is 0 Å². The summed E-state index contributed by atoms with van der Waals surface area (Å²) in [5.41, 5.74) is 0.569. The molecule has 6 nitrogen and oxygen atoms in total. The summed E-state index contributed by atoms with van der Waals surface area (Å²) in [6.45, 7) is 3.25. The lowest BCUT2D eigenvalue weighted by Crippen LogP contribution is -2.50. The number of hydrogen-bond acceptors (Lipinski definition) is 4. The van der Waals surface area contributed by atoms with Gasteiger partial charge in [-0.3, -0.25) is 9.59 Å². The number of benzene rings is 1. The molecular weight excluding hydrogens is 322 g/mol. The Kier molecular flexibility index (Phi) is 6.42. The molecule has 1 aromatic rings. The van der Waals surface area contributed by atoms with E-state index in [1.807, 2.05) is 6.92 Å². The van der Waals surface area contributed by atoms with Crippen LogP contribution in [0.3, 0.4) is 0 Å². The second-order valence-electron chi connectivity index (χ2n) is 6.70. The van der Waals surface area contributed by atoms with E-state index in [1.165, 1.54) is 0 Å². The Labute approximate surface area is 148 Å². The van der Waals surface area contributed by atoms with Gasteiger partial charge in [-0.2, -0.15) is 0 Å². The van der Waals surface area contributed by atoms with Gasteiger partial charge in [-0.05, 0) is 56.4 Å². The average molecular weight is 349 g/mol. The highest BCUT2D eigenvalue weighted by atomic mass is 16.5. The molecule has 138 valence electrons. The fraction of sp³-hybridized carbons (Fsp3) is 0.579. The van der Waals surface area contributed by atoms with Crippen molar-refractivity contribution in [3.8, 4) is 5.75 Å². The summed E-state index contributed by atoms with van der Waals surface area (Å²) in [6, 6.07) is 5.30. The van der Waals surface area contributed by atoms with E-state index in [-0.39, 0.29) is 12.5 Å². The molecule has 0 bridgehead atoms. The van der Waals surface area contributed by atoms with Crippen molar-refractivity contribution in [1.29, 1.82) is 0 Å². The van der Waals surface area contributed by atoms with Gasteiger partial charge in [-0.25, -0.2) is 0 Å². The van der Waals surface area contributed by atoms with Crippen LogP contribution in [0.5, 0.6) is 5.75 Å². The lowest BCUT2D eigenvalue weighted by atomic mass is 9.76. The third-order valence-corrected chi connectivity index (χ3v) is 4.96. The second kappa shape index (κ2) is 8.34. The van der Waals surface area contributed by atoms with E-state index >= 15 is 0 Å². The standard InChI is InChI=1S/C19H27NO5/c1-14-12-15(6-7-16(14)25-3)17(21)20-10-4-8-19(13-20,18(22)23)9-5-11-24-2/h6-7,12H,4-5,8-11,13H2,1-3H3,(H,22,23). The molecule has 0 aliphatic carbocycles. The van der Waals surface area contributed by atoms with Gasteiger partial charge in [0.05, 0.1) is 12.5 Å². The number of likely N-dealkylation sites (tertiary alicyclic amines) is 1. The predicted molar refractivity (Wildman–Crippen MR) is 94.0 cm³/mol. The highest BCUT2D eigenvalue weighted by molar-refractivity contribution is 5.95. The first-order chi connectivity index (χ1) is 11.9. The van der Waals surface area contributed by atoms with Gasteiger partial charge in [-0.15, -0.1) is 0 Å². The zero-order valence-corrected chi connectivity index (χ0v) is 15.2. The van der Waals surface area contributed by atoms with Crippen LogP contribution in [0.25, 0.3) is 0 Å². The topological polar surface area (TPSA) is 76.1 Å². The minimum Gasteiger partial charge on any atom is -0.496 e. The largest absolute Gasteiger partial charge is 0.496 e. The maximum atomic E-state index is 12.9. The number of piperidine rings is 1. The maximum Gasteiger partial charge on any atom is 0.311 e. The van der Waals surface area contributed by atoms with Gasteiger partial charge in [-0.1, -0.05) is 0 Å². The highest BCUT2D eigenvalue weighted by Gasteiger charge is 2.43. The molecule has 1 aliphatic heterocycles. The first-order valence-corrected chi connectivity index (χ1v) is 8.60. The SMILES string of the molecule is COCCCC1(C(=O)O)CCCN(C(=O)c2ccc(OC)c(C)c2)C1. The Morgan fingerprint density at radius 2 is 2.08 bits per heavy atom. The Bertz CT molecular complexity index is 630. The Hall–Kier alpha value is -2.08. The molecule has 1 aliphatic rings. The van der Waals surface area contributed by atoms with Gasteiger partial charge >= 0.3 is 5.97 Å². The zero-order chi connectivity index (χ0) is 18.4. The molecule has 0 spiro atoms. The quantitative estimate of drug-likeness (QED) is 0.766. The fourth-order valence-corrected chi connectivity index (χ4v) is 3.54. The van der Waals surface area contributed by atoms with Gasteiger partial charge in [0.25, 0.3) is 5.91 Å². The van der Waals surface area contributed by atoms with Crippen LogP contribution < -0.4 is 4.74 Å². The number of carboxylic acid groups (broad SMARTS) is 1. The Balaban J connectivity index is 2.16. The van der Waals surface area contributed by atoms with Crippen LogP contribution in [0.15, 0.2) is 18.2 Å². The molecule has 2 rings (SSSR count). The summed E-state index contributed by atoms with van der Waals surface area (Å²) in [6.07, 6.45) is 2.48. The summed E-state index contributed by atoms with van der Waals surface area (Å²) < 4.78 is 10.3. The molecule has 1 amide bonds. The number of amides is 1. The van der Waals surface area contributed by atoms with Gasteiger partial charge in [0, 0.05) is 32.4 Å². The average Bonchev–Trinajstić information content (AvgIpc) is 2.61. The fourth-order valence-electron chi connectivity index (χ4n) is 3.54. The third kappa shape index (κ3) is 4.31. The number of methoxy groups -OCH3 is 2. The number of carbonyl (C=O) groups excluding carboxylic acids is 1. The van der Waals surface area contributed by atoms with Crippen molar-refractivity contribution in [2.45, 2.75) is 32.6 Å². The van der Waals surface area contributed by atoms with Crippen molar-refractivity contribution in [2.75, 3.05) is 33.9 Å². The normalized spacial score (nSPS) is 20.4. The molecule has 0 saturated carbocycles. The Morgan fingerprint density at radius 1 is 1.32 bits per heavy atom. The number of carbonyl (C=O) groups is 2. The zero-order valence-electron chi connectivity index (χ0n) is 15.2. The van der Waals surface area contributed by atoms with E-state index in [9.17, 15) is 14.7 Å². The van der Waals surface area contributed by atoms with Crippen LogP contribution in [-0.2, 0) is 9.53 Å². The lowest BCUT2D eigenvalue weighted by molar-refractivity contribution is -0.152. The third-order valence-electron chi connectivity index (χ3n) is 4.96. The number of aliphatic carboxylic acids is 1. The van der Waals surface area contributed by atoms with Crippen LogP contribution in [0, 0.1) is 12.3 Å². The van der Waals surface area contributed by atoms with E-state index in [0.29, 0.717) is 44.4 Å². The van der Waals surface area contributed by atoms with Gasteiger partial charge in [0.15, 0.2) is 0 Å². The predicted octanol–water partition coefficient (Wildman–Crippen LogP) is 2.74. The molecule has 6 heteroatoms. The van der Waals surface area contributed by atoms with Crippen molar-refractivity contribution in [3.63, 3.8) is 0 Å². The van der Waals surface area contributed by atoms with Crippen molar-refractivity contribution < 1.29 is 24.2 Å². The minimum atomic E-state index is -0.881. The van der Waals surface area contributed by atoms with Gasteiger partial charge in [0.1, 0.15) is 5.75 Å². The first-order valence-electron chi connectivity index (χ1n) is 8.60. The number of hydrogen-bond donors (Lipinski definition) is 1. The van der Waals surface area contributed by atoms with E-state index in [4.69, 9.17) is 9.47 Å². The van der Waals surface area contributed by atoms with E-state index in [1.54, 1.807) is 37.3 Å². The Morgan fingerprint density at radius 3 is 2.68 bits per heavy atom. The molecule has 1 aromatic carbocycles. The molecule has 1 unspecified atom stereocenters. The maximum absolute atomic E-state index is 12.9. The molecule has 1 N–H and O–H groups in total.